The summed E-state index contributed by atoms with van der Waals surface area (Å²) in [6.07, 6.45) is 1.11. The molecule has 2 N–H and O–H groups in total. The van der Waals surface area contributed by atoms with Crippen molar-refractivity contribution in [1.29, 1.82) is 0 Å². The van der Waals surface area contributed by atoms with Crippen LogP contribution in [0.4, 0.5) is 5.69 Å². The Hall–Kier alpha value is -3.13. The molecule has 0 saturated carbocycles. The number of nitrogens with zero attached hydrogens (tertiary/aromatic N) is 1. The highest BCUT2D eigenvalue weighted by Crippen LogP contribution is 2.16. The number of aromatic amines is 1. The van der Waals surface area contributed by atoms with E-state index in [2.05, 4.69) is 26.2 Å². The minimum atomic E-state index is -0.713. The Morgan fingerprint density at radius 3 is 2.59 bits per heavy atom. The lowest BCUT2D eigenvalue weighted by molar-refractivity contribution is 0.102. The van der Waals surface area contributed by atoms with Crippen LogP contribution in [0.5, 0.6) is 5.75 Å². The highest BCUT2D eigenvalue weighted by atomic mass is 79.9. The summed E-state index contributed by atoms with van der Waals surface area (Å²) >= 11 is 3.32. The van der Waals surface area contributed by atoms with Crippen molar-refractivity contribution >= 4 is 27.5 Å². The van der Waals surface area contributed by atoms with Gasteiger partial charge in [-0.05, 0) is 49.4 Å². The Kier molecular flexibility index (Phi) is 5.56. The summed E-state index contributed by atoms with van der Waals surface area (Å²) in [7, 11) is 0. The van der Waals surface area contributed by atoms with Crippen molar-refractivity contribution in [1.82, 2.24) is 9.55 Å². The average Bonchev–Trinajstić information content (AvgIpc) is 2.63. The van der Waals surface area contributed by atoms with Crippen molar-refractivity contribution in [3.05, 3.63) is 85.6 Å². The SMILES string of the molecule is CCOc1ccc(-n2c(=O)[nH]cc(C(=O)Nc3cccc(Br)c3)c2=O)cc1. The lowest BCUT2D eigenvalue weighted by Gasteiger charge is -2.09. The molecule has 1 heterocycles. The molecule has 0 radical (unpaired) electrons. The molecule has 3 rings (SSSR count). The summed E-state index contributed by atoms with van der Waals surface area (Å²) in [6.45, 7) is 2.36. The van der Waals surface area contributed by atoms with E-state index in [1.807, 2.05) is 13.0 Å². The van der Waals surface area contributed by atoms with Crippen molar-refractivity contribution in [3.63, 3.8) is 0 Å². The van der Waals surface area contributed by atoms with Crippen molar-refractivity contribution in [2.45, 2.75) is 6.92 Å². The molecule has 0 unspecified atom stereocenters. The molecule has 2 aromatic carbocycles. The molecular formula is C19H16BrN3O4. The third-order valence-electron chi connectivity index (χ3n) is 3.71. The molecule has 0 atom stereocenters. The lowest BCUT2D eigenvalue weighted by atomic mass is 10.2. The number of hydrogen-bond donors (Lipinski definition) is 2. The van der Waals surface area contributed by atoms with Crippen molar-refractivity contribution < 1.29 is 9.53 Å². The molecule has 8 heteroatoms. The van der Waals surface area contributed by atoms with E-state index >= 15 is 0 Å². The Morgan fingerprint density at radius 1 is 1.19 bits per heavy atom. The summed E-state index contributed by atoms with van der Waals surface area (Å²) in [5, 5.41) is 2.64. The number of nitrogens with one attached hydrogen (secondary N) is 2. The van der Waals surface area contributed by atoms with E-state index in [1.165, 1.54) is 0 Å². The van der Waals surface area contributed by atoms with Gasteiger partial charge in [0.2, 0.25) is 0 Å². The Bertz CT molecular complexity index is 1090. The van der Waals surface area contributed by atoms with Crippen LogP contribution in [0, 0.1) is 0 Å². The Labute approximate surface area is 162 Å². The zero-order chi connectivity index (χ0) is 19.4. The van der Waals surface area contributed by atoms with Gasteiger partial charge in [0.15, 0.2) is 0 Å². The van der Waals surface area contributed by atoms with Gasteiger partial charge < -0.3 is 15.0 Å². The van der Waals surface area contributed by atoms with E-state index in [4.69, 9.17) is 4.74 Å². The van der Waals surface area contributed by atoms with Crippen LogP contribution in [0.15, 0.2) is 68.8 Å². The number of carbonyl (C=O) groups is 1. The fourth-order valence-corrected chi connectivity index (χ4v) is 2.89. The van der Waals surface area contributed by atoms with Gasteiger partial charge in [0.05, 0.1) is 12.3 Å². The second-order valence-electron chi connectivity index (χ2n) is 5.54. The molecule has 0 bridgehead atoms. The summed E-state index contributed by atoms with van der Waals surface area (Å²) < 4.78 is 7.05. The Balaban J connectivity index is 1.97. The molecule has 0 saturated heterocycles. The summed E-state index contributed by atoms with van der Waals surface area (Å²) in [5.74, 6) is 0.00307. The van der Waals surface area contributed by atoms with Crippen LogP contribution in [0.25, 0.3) is 5.69 Å². The number of carbonyl (C=O) groups excluding carboxylic acids is 1. The number of rotatable bonds is 5. The van der Waals surface area contributed by atoms with Crippen LogP contribution >= 0.6 is 15.9 Å². The first-order chi connectivity index (χ1) is 13.0. The topological polar surface area (TPSA) is 93.2 Å². The summed E-state index contributed by atoms with van der Waals surface area (Å²) in [5.41, 5.74) is -0.670. The van der Waals surface area contributed by atoms with Gasteiger partial charge in [0.1, 0.15) is 11.3 Å². The maximum absolute atomic E-state index is 12.7. The molecule has 0 aliphatic carbocycles. The van der Waals surface area contributed by atoms with Crippen LogP contribution in [0.1, 0.15) is 17.3 Å². The van der Waals surface area contributed by atoms with Crippen LogP contribution in [-0.2, 0) is 0 Å². The van der Waals surface area contributed by atoms with Gasteiger partial charge in [-0.15, -0.1) is 0 Å². The largest absolute Gasteiger partial charge is 0.494 e. The Morgan fingerprint density at radius 2 is 1.93 bits per heavy atom. The van der Waals surface area contributed by atoms with Crippen molar-refractivity contribution in [3.8, 4) is 11.4 Å². The minimum Gasteiger partial charge on any atom is -0.494 e. The van der Waals surface area contributed by atoms with Gasteiger partial charge >= 0.3 is 5.69 Å². The highest BCUT2D eigenvalue weighted by molar-refractivity contribution is 9.10. The molecule has 1 amide bonds. The first-order valence-corrected chi connectivity index (χ1v) is 8.94. The second kappa shape index (κ2) is 8.05. The average molecular weight is 430 g/mol. The maximum Gasteiger partial charge on any atom is 0.333 e. The number of H-pyrrole nitrogens is 1. The fourth-order valence-electron chi connectivity index (χ4n) is 2.49. The number of anilines is 1. The maximum atomic E-state index is 12.7. The molecule has 7 nitrogen and oxygen atoms in total. The van der Waals surface area contributed by atoms with Crippen LogP contribution < -0.4 is 21.3 Å². The van der Waals surface area contributed by atoms with Gasteiger partial charge in [-0.1, -0.05) is 22.0 Å². The van der Waals surface area contributed by atoms with E-state index in [9.17, 15) is 14.4 Å². The number of amides is 1. The molecule has 1 aromatic heterocycles. The summed E-state index contributed by atoms with van der Waals surface area (Å²) in [6, 6.07) is 13.4. The molecule has 27 heavy (non-hydrogen) atoms. The van der Waals surface area contributed by atoms with E-state index in [0.29, 0.717) is 23.7 Å². The van der Waals surface area contributed by atoms with Crippen LogP contribution in [-0.4, -0.2) is 22.1 Å². The van der Waals surface area contributed by atoms with E-state index in [1.54, 1.807) is 42.5 Å². The van der Waals surface area contributed by atoms with Gasteiger partial charge in [0.25, 0.3) is 11.5 Å². The number of hydrogen-bond acceptors (Lipinski definition) is 4. The van der Waals surface area contributed by atoms with Crippen molar-refractivity contribution in [2.24, 2.45) is 0 Å². The molecule has 138 valence electrons. The molecule has 0 aliphatic rings. The van der Waals surface area contributed by atoms with Gasteiger partial charge in [-0.3, -0.25) is 9.59 Å². The quantitative estimate of drug-likeness (QED) is 0.651. The van der Waals surface area contributed by atoms with Gasteiger partial charge in [0, 0.05) is 16.4 Å². The highest BCUT2D eigenvalue weighted by Gasteiger charge is 2.16. The van der Waals surface area contributed by atoms with Crippen molar-refractivity contribution in [2.75, 3.05) is 11.9 Å². The minimum absolute atomic E-state index is 0.177. The third kappa shape index (κ3) is 4.17. The van der Waals surface area contributed by atoms with E-state index < -0.39 is 17.2 Å². The molecule has 0 spiro atoms. The van der Waals surface area contributed by atoms with Crippen LogP contribution in [0.3, 0.4) is 0 Å². The van der Waals surface area contributed by atoms with E-state index in [0.717, 1.165) is 15.2 Å². The number of ether oxygens (including phenoxy) is 1. The zero-order valence-corrected chi connectivity index (χ0v) is 15.9. The normalized spacial score (nSPS) is 10.4. The first kappa shape index (κ1) is 18.7. The lowest BCUT2D eigenvalue weighted by Crippen LogP contribution is -2.38. The smallest absolute Gasteiger partial charge is 0.333 e. The summed E-state index contributed by atoms with van der Waals surface area (Å²) in [4.78, 5) is 39.8. The molecule has 0 fully saturated rings. The number of aromatic nitrogens is 2. The number of benzene rings is 2. The molecule has 0 aliphatic heterocycles. The van der Waals surface area contributed by atoms with Gasteiger partial charge in [-0.2, -0.15) is 0 Å². The van der Waals surface area contributed by atoms with Crippen LogP contribution in [0.2, 0.25) is 0 Å². The van der Waals surface area contributed by atoms with E-state index in [-0.39, 0.29) is 5.56 Å². The van der Waals surface area contributed by atoms with Gasteiger partial charge in [-0.25, -0.2) is 9.36 Å². The predicted molar refractivity (Wildman–Crippen MR) is 106 cm³/mol. The molecule has 3 aromatic rings. The third-order valence-corrected chi connectivity index (χ3v) is 4.20. The zero-order valence-electron chi connectivity index (χ0n) is 14.4. The number of halogens is 1. The monoisotopic (exact) mass is 429 g/mol. The standard InChI is InChI=1S/C19H16BrN3O4/c1-2-27-15-8-6-14(7-9-15)23-18(25)16(11-21-19(23)26)17(24)22-13-5-3-4-12(20)10-13/h3-11H,2H2,1H3,(H,21,26)(H,22,24). The second-order valence-corrected chi connectivity index (χ2v) is 6.46. The molecular weight excluding hydrogens is 414 g/mol. The predicted octanol–water partition coefficient (Wildman–Crippen LogP) is 2.94. The fraction of sp³-hybridized carbons (Fsp3) is 0.105. The first-order valence-electron chi connectivity index (χ1n) is 8.14.